The number of carbonyl (C=O) groups excluding carboxylic acids is 1. The van der Waals surface area contributed by atoms with E-state index in [0.717, 1.165) is 0 Å². The first kappa shape index (κ1) is 12.9. The smallest absolute Gasteiger partial charge is 0.345 e. The maximum Gasteiger partial charge on any atom is 0.345 e. The molecule has 5 nitrogen and oxygen atoms in total. The molecular formula is C12H13NO4. The molecule has 0 unspecified atom stereocenters. The van der Waals surface area contributed by atoms with Crippen molar-refractivity contribution in [2.75, 3.05) is 0 Å². The number of nitrogens with zero attached hydrogens (tertiary/aromatic N) is 1. The van der Waals surface area contributed by atoms with Gasteiger partial charge in [0, 0.05) is 0 Å². The predicted octanol–water partition coefficient (Wildman–Crippen LogP) is 2.26. The Hall–Kier alpha value is -2.17. The van der Waals surface area contributed by atoms with Gasteiger partial charge in [0.15, 0.2) is 0 Å². The maximum atomic E-state index is 11.7. The SMILES string of the molecule is CC(C)OC(=O)/C(=C/[N+](=O)[O-])c1ccccc1. The summed E-state index contributed by atoms with van der Waals surface area (Å²) in [4.78, 5) is 21.5. The van der Waals surface area contributed by atoms with Crippen molar-refractivity contribution in [3.05, 3.63) is 52.2 Å². The van der Waals surface area contributed by atoms with Gasteiger partial charge in [-0.1, -0.05) is 30.3 Å². The lowest BCUT2D eigenvalue weighted by Crippen LogP contribution is -2.14. The summed E-state index contributed by atoms with van der Waals surface area (Å²) in [6, 6.07) is 8.41. The summed E-state index contributed by atoms with van der Waals surface area (Å²) in [5.41, 5.74) is 0.416. The van der Waals surface area contributed by atoms with Crippen LogP contribution in [0, 0.1) is 10.1 Å². The van der Waals surface area contributed by atoms with E-state index in [-0.39, 0.29) is 11.7 Å². The summed E-state index contributed by atoms with van der Waals surface area (Å²) in [6.45, 7) is 3.37. The summed E-state index contributed by atoms with van der Waals surface area (Å²) in [5, 5.41) is 10.5. The van der Waals surface area contributed by atoms with Crippen LogP contribution in [0.4, 0.5) is 0 Å². The number of esters is 1. The number of hydrogen-bond donors (Lipinski definition) is 0. The molecule has 0 amide bonds. The molecule has 0 atom stereocenters. The molecule has 0 spiro atoms. The Labute approximate surface area is 98.9 Å². The van der Waals surface area contributed by atoms with Gasteiger partial charge in [0.2, 0.25) is 6.20 Å². The monoisotopic (exact) mass is 235 g/mol. The van der Waals surface area contributed by atoms with Crippen molar-refractivity contribution in [3.8, 4) is 0 Å². The Morgan fingerprint density at radius 1 is 1.35 bits per heavy atom. The van der Waals surface area contributed by atoms with Crippen LogP contribution in [-0.4, -0.2) is 17.0 Å². The highest BCUT2D eigenvalue weighted by Gasteiger charge is 2.18. The third kappa shape index (κ3) is 4.06. The van der Waals surface area contributed by atoms with E-state index in [1.165, 1.54) is 0 Å². The Kier molecular flexibility index (Phi) is 4.39. The molecule has 0 radical (unpaired) electrons. The van der Waals surface area contributed by atoms with Crippen LogP contribution in [-0.2, 0) is 9.53 Å². The van der Waals surface area contributed by atoms with Crippen molar-refractivity contribution >= 4 is 11.5 Å². The summed E-state index contributed by atoms with van der Waals surface area (Å²) in [5.74, 6) is -0.692. The molecule has 5 heteroatoms. The van der Waals surface area contributed by atoms with Crippen LogP contribution in [0.3, 0.4) is 0 Å². The number of benzene rings is 1. The Balaban J connectivity index is 3.06. The molecule has 0 fully saturated rings. The van der Waals surface area contributed by atoms with E-state index >= 15 is 0 Å². The van der Waals surface area contributed by atoms with Gasteiger partial charge in [-0.05, 0) is 19.4 Å². The van der Waals surface area contributed by atoms with Gasteiger partial charge in [-0.25, -0.2) is 4.79 Å². The van der Waals surface area contributed by atoms with Gasteiger partial charge in [0.25, 0.3) is 0 Å². The Bertz CT molecular complexity index is 437. The molecule has 0 aliphatic rings. The molecule has 0 aromatic heterocycles. The van der Waals surface area contributed by atoms with Crippen molar-refractivity contribution < 1.29 is 14.5 Å². The molecule has 0 aliphatic carbocycles. The maximum absolute atomic E-state index is 11.7. The van der Waals surface area contributed by atoms with E-state index in [1.807, 2.05) is 0 Å². The normalized spacial score (nSPS) is 11.4. The highest BCUT2D eigenvalue weighted by Crippen LogP contribution is 2.16. The zero-order chi connectivity index (χ0) is 12.8. The van der Waals surface area contributed by atoms with Crippen LogP contribution < -0.4 is 0 Å². The van der Waals surface area contributed by atoms with Crippen molar-refractivity contribution in [2.24, 2.45) is 0 Å². The summed E-state index contributed by atoms with van der Waals surface area (Å²) in [7, 11) is 0. The molecule has 0 aliphatic heterocycles. The zero-order valence-electron chi connectivity index (χ0n) is 9.62. The average Bonchev–Trinajstić information content (AvgIpc) is 2.25. The first-order chi connectivity index (χ1) is 8.00. The molecule has 90 valence electrons. The van der Waals surface area contributed by atoms with Gasteiger partial charge in [-0.3, -0.25) is 10.1 Å². The second kappa shape index (κ2) is 5.79. The lowest BCUT2D eigenvalue weighted by atomic mass is 10.1. The fourth-order valence-electron chi connectivity index (χ4n) is 1.25. The fourth-order valence-corrected chi connectivity index (χ4v) is 1.25. The average molecular weight is 235 g/mol. The lowest BCUT2D eigenvalue weighted by Gasteiger charge is -2.09. The highest BCUT2D eigenvalue weighted by molar-refractivity contribution is 6.16. The molecule has 17 heavy (non-hydrogen) atoms. The van der Waals surface area contributed by atoms with E-state index in [9.17, 15) is 14.9 Å². The van der Waals surface area contributed by atoms with Crippen LogP contribution in [0.2, 0.25) is 0 Å². The lowest BCUT2D eigenvalue weighted by molar-refractivity contribution is -0.401. The topological polar surface area (TPSA) is 69.4 Å². The van der Waals surface area contributed by atoms with Gasteiger partial charge < -0.3 is 4.74 Å². The van der Waals surface area contributed by atoms with Gasteiger partial charge in [0.05, 0.1) is 11.0 Å². The van der Waals surface area contributed by atoms with E-state index in [2.05, 4.69) is 0 Å². The minimum atomic E-state index is -0.692. The number of nitro groups is 1. The van der Waals surface area contributed by atoms with Gasteiger partial charge in [-0.2, -0.15) is 0 Å². The second-order valence-corrected chi connectivity index (χ2v) is 3.65. The predicted molar refractivity (Wildman–Crippen MR) is 62.6 cm³/mol. The van der Waals surface area contributed by atoms with Crippen molar-refractivity contribution in [2.45, 2.75) is 20.0 Å². The third-order valence-electron chi connectivity index (χ3n) is 1.88. The van der Waals surface area contributed by atoms with Crippen LogP contribution in [0.25, 0.3) is 5.57 Å². The van der Waals surface area contributed by atoms with Crippen LogP contribution >= 0.6 is 0 Å². The largest absolute Gasteiger partial charge is 0.459 e. The first-order valence-corrected chi connectivity index (χ1v) is 5.12. The molecule has 1 aromatic rings. The van der Waals surface area contributed by atoms with Crippen molar-refractivity contribution in [1.29, 1.82) is 0 Å². The molecule has 0 N–H and O–H groups in total. The Morgan fingerprint density at radius 2 is 1.94 bits per heavy atom. The molecular weight excluding hydrogens is 222 g/mol. The fraction of sp³-hybridized carbons (Fsp3) is 0.250. The minimum absolute atomic E-state index is 0.0516. The van der Waals surface area contributed by atoms with Crippen molar-refractivity contribution in [3.63, 3.8) is 0 Å². The quantitative estimate of drug-likeness (QED) is 0.347. The van der Waals surface area contributed by atoms with Gasteiger partial charge >= 0.3 is 5.97 Å². The highest BCUT2D eigenvalue weighted by atomic mass is 16.6. The first-order valence-electron chi connectivity index (χ1n) is 5.12. The van der Waals surface area contributed by atoms with E-state index < -0.39 is 10.9 Å². The molecule has 0 bridgehead atoms. The summed E-state index contributed by atoms with van der Waals surface area (Å²) < 4.78 is 4.96. The summed E-state index contributed by atoms with van der Waals surface area (Å²) >= 11 is 0. The molecule has 0 heterocycles. The number of hydrogen-bond acceptors (Lipinski definition) is 4. The van der Waals surface area contributed by atoms with Crippen molar-refractivity contribution in [1.82, 2.24) is 0 Å². The summed E-state index contributed by atoms with van der Waals surface area (Å²) in [6.07, 6.45) is 0.349. The van der Waals surface area contributed by atoms with Gasteiger partial charge in [-0.15, -0.1) is 0 Å². The van der Waals surface area contributed by atoms with Gasteiger partial charge in [0.1, 0.15) is 5.57 Å². The van der Waals surface area contributed by atoms with Crippen LogP contribution in [0.15, 0.2) is 36.5 Å². The minimum Gasteiger partial charge on any atom is -0.459 e. The van der Waals surface area contributed by atoms with E-state index in [4.69, 9.17) is 4.74 Å². The Morgan fingerprint density at radius 3 is 2.41 bits per heavy atom. The molecule has 0 saturated heterocycles. The standard InChI is InChI=1S/C12H13NO4/c1-9(2)17-12(14)11(8-13(15)16)10-6-4-3-5-7-10/h3-9H,1-2H3/b11-8+. The third-order valence-corrected chi connectivity index (χ3v) is 1.88. The van der Waals surface area contributed by atoms with Crippen LogP contribution in [0.5, 0.6) is 0 Å². The van der Waals surface area contributed by atoms with Crippen LogP contribution in [0.1, 0.15) is 19.4 Å². The molecule has 1 rings (SSSR count). The van der Waals surface area contributed by atoms with E-state index in [1.54, 1.807) is 44.2 Å². The number of ether oxygens (including phenoxy) is 1. The number of carbonyl (C=O) groups is 1. The van der Waals surface area contributed by atoms with E-state index in [0.29, 0.717) is 11.8 Å². The molecule has 1 aromatic carbocycles. The number of rotatable bonds is 4. The zero-order valence-corrected chi connectivity index (χ0v) is 9.62. The molecule has 0 saturated carbocycles. The second-order valence-electron chi connectivity index (χ2n) is 3.65.